The van der Waals surface area contributed by atoms with Gasteiger partial charge in [-0.15, -0.1) is 0 Å². The van der Waals surface area contributed by atoms with E-state index in [4.69, 9.17) is 9.47 Å². The summed E-state index contributed by atoms with van der Waals surface area (Å²) in [7, 11) is 0. The highest BCUT2D eigenvalue weighted by molar-refractivity contribution is 5.70. The molecule has 0 atom stereocenters. The molecule has 1 aliphatic rings. The lowest BCUT2D eigenvalue weighted by molar-refractivity contribution is -0.166. The van der Waals surface area contributed by atoms with Gasteiger partial charge in [-0.2, -0.15) is 0 Å². The van der Waals surface area contributed by atoms with E-state index in [0.29, 0.717) is 26.2 Å². The summed E-state index contributed by atoms with van der Waals surface area (Å²) in [5.74, 6) is -0.106. The summed E-state index contributed by atoms with van der Waals surface area (Å²) >= 11 is 0. The van der Waals surface area contributed by atoms with Crippen LogP contribution in [0, 0.1) is 10.8 Å². The van der Waals surface area contributed by atoms with Gasteiger partial charge in [0.25, 0.3) is 0 Å². The molecule has 0 unspecified atom stereocenters. The van der Waals surface area contributed by atoms with E-state index >= 15 is 0 Å². The minimum Gasteiger partial charge on any atom is -0.465 e. The molecule has 0 N–H and O–H groups in total. The Labute approximate surface area is 85.8 Å². The Morgan fingerprint density at radius 1 is 1.43 bits per heavy atom. The zero-order chi connectivity index (χ0) is 10.8. The number of hydrogen-bond acceptors (Lipinski definition) is 3. The summed E-state index contributed by atoms with van der Waals surface area (Å²) in [5.41, 5.74) is 0.0711. The van der Waals surface area contributed by atoms with E-state index in [2.05, 4.69) is 6.92 Å². The molecule has 0 aromatic carbocycles. The predicted molar refractivity (Wildman–Crippen MR) is 54.0 cm³/mol. The van der Waals surface area contributed by atoms with Crippen molar-refractivity contribution in [1.29, 1.82) is 0 Å². The standard InChI is InChI=1S/C11H20O3/c1-10(2,3)5-9(12)14-8-11(4)6-13-7-11/h5-8H2,1-4H3. The highest BCUT2D eigenvalue weighted by Gasteiger charge is 2.35. The molecule has 1 fully saturated rings. The van der Waals surface area contributed by atoms with Gasteiger partial charge in [-0.05, 0) is 5.41 Å². The fourth-order valence-corrected chi connectivity index (χ4v) is 1.27. The highest BCUT2D eigenvalue weighted by atomic mass is 16.5. The summed E-state index contributed by atoms with van der Waals surface area (Å²) in [5, 5.41) is 0. The minimum absolute atomic E-state index is 0.00804. The first-order valence-electron chi connectivity index (χ1n) is 5.04. The van der Waals surface area contributed by atoms with Gasteiger partial charge in [-0.25, -0.2) is 0 Å². The molecule has 3 heteroatoms. The lowest BCUT2D eigenvalue weighted by Crippen LogP contribution is -2.44. The molecule has 0 radical (unpaired) electrons. The molecule has 1 saturated heterocycles. The third-order valence-electron chi connectivity index (χ3n) is 2.16. The lowest BCUT2D eigenvalue weighted by atomic mass is 9.89. The van der Waals surface area contributed by atoms with Crippen LogP contribution in [0.4, 0.5) is 0 Å². The fraction of sp³-hybridized carbons (Fsp3) is 0.909. The third-order valence-corrected chi connectivity index (χ3v) is 2.16. The Hall–Kier alpha value is -0.570. The molecule has 0 saturated carbocycles. The van der Waals surface area contributed by atoms with E-state index in [1.807, 2.05) is 20.8 Å². The second-order valence-electron chi connectivity index (χ2n) is 5.70. The summed E-state index contributed by atoms with van der Waals surface area (Å²) in [6.45, 7) is 10.1. The van der Waals surface area contributed by atoms with E-state index in [1.165, 1.54) is 0 Å². The molecule has 1 rings (SSSR count). The molecular formula is C11H20O3. The average molecular weight is 200 g/mol. The molecule has 0 bridgehead atoms. The molecule has 0 aromatic rings. The number of rotatable bonds is 3. The van der Waals surface area contributed by atoms with Gasteiger partial charge in [-0.1, -0.05) is 27.7 Å². The molecule has 14 heavy (non-hydrogen) atoms. The van der Waals surface area contributed by atoms with Crippen molar-refractivity contribution in [2.45, 2.75) is 34.1 Å². The van der Waals surface area contributed by atoms with Crippen LogP contribution in [0.25, 0.3) is 0 Å². The van der Waals surface area contributed by atoms with Crippen molar-refractivity contribution in [3.63, 3.8) is 0 Å². The van der Waals surface area contributed by atoms with Gasteiger partial charge in [0.1, 0.15) is 6.61 Å². The number of ether oxygens (including phenoxy) is 2. The van der Waals surface area contributed by atoms with E-state index in [1.54, 1.807) is 0 Å². The smallest absolute Gasteiger partial charge is 0.306 e. The number of hydrogen-bond donors (Lipinski definition) is 0. The van der Waals surface area contributed by atoms with E-state index in [0.717, 1.165) is 0 Å². The number of carbonyl (C=O) groups excluding carboxylic acids is 1. The van der Waals surface area contributed by atoms with Crippen molar-refractivity contribution >= 4 is 5.97 Å². The van der Waals surface area contributed by atoms with Crippen LogP contribution in [0.5, 0.6) is 0 Å². The van der Waals surface area contributed by atoms with Gasteiger partial charge in [-0.3, -0.25) is 4.79 Å². The van der Waals surface area contributed by atoms with Crippen molar-refractivity contribution in [2.24, 2.45) is 10.8 Å². The second-order valence-corrected chi connectivity index (χ2v) is 5.70. The molecule has 0 aromatic heterocycles. The van der Waals surface area contributed by atoms with Crippen LogP contribution in [-0.4, -0.2) is 25.8 Å². The third kappa shape index (κ3) is 3.66. The highest BCUT2D eigenvalue weighted by Crippen LogP contribution is 2.27. The summed E-state index contributed by atoms with van der Waals surface area (Å²) < 4.78 is 10.3. The second kappa shape index (κ2) is 3.89. The largest absolute Gasteiger partial charge is 0.465 e. The topological polar surface area (TPSA) is 35.5 Å². The van der Waals surface area contributed by atoms with Crippen LogP contribution in [0.2, 0.25) is 0 Å². The van der Waals surface area contributed by atoms with Gasteiger partial charge in [0.15, 0.2) is 0 Å². The zero-order valence-electron chi connectivity index (χ0n) is 9.55. The van der Waals surface area contributed by atoms with Crippen LogP contribution >= 0.6 is 0 Å². The van der Waals surface area contributed by atoms with Gasteiger partial charge in [0, 0.05) is 5.41 Å². The maximum absolute atomic E-state index is 11.4. The molecule has 0 aliphatic carbocycles. The molecule has 82 valence electrons. The van der Waals surface area contributed by atoms with Crippen LogP contribution in [0.1, 0.15) is 34.1 Å². The molecular weight excluding hydrogens is 180 g/mol. The summed E-state index contributed by atoms with van der Waals surface area (Å²) in [6, 6.07) is 0. The molecule has 3 nitrogen and oxygen atoms in total. The minimum atomic E-state index is -0.106. The van der Waals surface area contributed by atoms with E-state index < -0.39 is 0 Å². The first-order chi connectivity index (χ1) is 6.31. The summed E-state index contributed by atoms with van der Waals surface area (Å²) in [6.07, 6.45) is 0.476. The normalized spacial score (nSPS) is 20.0. The van der Waals surface area contributed by atoms with Crippen LogP contribution in [0.3, 0.4) is 0 Å². The maximum atomic E-state index is 11.4. The first-order valence-corrected chi connectivity index (χ1v) is 5.04. The van der Waals surface area contributed by atoms with Crippen LogP contribution in [0.15, 0.2) is 0 Å². The Kier molecular flexibility index (Phi) is 3.20. The molecule has 1 heterocycles. The van der Waals surface area contributed by atoms with Gasteiger partial charge in [0.2, 0.25) is 0 Å². The average Bonchev–Trinajstić information content (AvgIpc) is 1.94. The Morgan fingerprint density at radius 2 is 2.00 bits per heavy atom. The van der Waals surface area contributed by atoms with Crippen molar-refractivity contribution in [2.75, 3.05) is 19.8 Å². The van der Waals surface area contributed by atoms with Crippen molar-refractivity contribution in [1.82, 2.24) is 0 Å². The van der Waals surface area contributed by atoms with E-state index in [-0.39, 0.29) is 16.8 Å². The van der Waals surface area contributed by atoms with Gasteiger partial charge in [0.05, 0.1) is 19.6 Å². The number of carbonyl (C=O) groups is 1. The van der Waals surface area contributed by atoms with Crippen LogP contribution in [-0.2, 0) is 14.3 Å². The van der Waals surface area contributed by atoms with Gasteiger partial charge >= 0.3 is 5.97 Å². The van der Waals surface area contributed by atoms with Gasteiger partial charge < -0.3 is 9.47 Å². The Balaban J connectivity index is 2.21. The van der Waals surface area contributed by atoms with E-state index in [9.17, 15) is 4.79 Å². The van der Waals surface area contributed by atoms with Crippen molar-refractivity contribution in [3.05, 3.63) is 0 Å². The maximum Gasteiger partial charge on any atom is 0.306 e. The molecule has 1 aliphatic heterocycles. The number of esters is 1. The first kappa shape index (κ1) is 11.5. The Bertz CT molecular complexity index is 211. The predicted octanol–water partition coefficient (Wildman–Crippen LogP) is 2.00. The quantitative estimate of drug-likeness (QED) is 0.654. The molecule has 0 spiro atoms. The fourth-order valence-electron chi connectivity index (χ4n) is 1.27. The van der Waals surface area contributed by atoms with Crippen LogP contribution < -0.4 is 0 Å². The van der Waals surface area contributed by atoms with Crippen molar-refractivity contribution in [3.8, 4) is 0 Å². The SMILES string of the molecule is CC(C)(C)CC(=O)OCC1(C)COC1. The summed E-state index contributed by atoms with van der Waals surface area (Å²) in [4.78, 5) is 11.4. The lowest BCUT2D eigenvalue weighted by Gasteiger charge is -2.37. The Morgan fingerprint density at radius 3 is 2.36 bits per heavy atom. The molecule has 0 amide bonds. The van der Waals surface area contributed by atoms with Crippen molar-refractivity contribution < 1.29 is 14.3 Å². The zero-order valence-corrected chi connectivity index (χ0v) is 9.55. The monoisotopic (exact) mass is 200 g/mol.